The summed E-state index contributed by atoms with van der Waals surface area (Å²) in [6, 6.07) is 7.39. The number of carbonyl (C=O) groups excluding carboxylic acids is 2. The third-order valence-corrected chi connectivity index (χ3v) is 6.41. The largest absolute Gasteiger partial charge is 0.490 e. The summed E-state index contributed by atoms with van der Waals surface area (Å²) in [5.41, 5.74) is 3.87. The second-order valence-corrected chi connectivity index (χ2v) is 8.83. The molecule has 0 radical (unpaired) electrons. The monoisotopic (exact) mass is 424 g/mol. The van der Waals surface area contributed by atoms with E-state index >= 15 is 0 Å². The van der Waals surface area contributed by atoms with Gasteiger partial charge < -0.3 is 14.5 Å². The van der Waals surface area contributed by atoms with E-state index in [0.29, 0.717) is 18.0 Å². The van der Waals surface area contributed by atoms with Crippen LogP contribution in [0.2, 0.25) is 0 Å². The summed E-state index contributed by atoms with van der Waals surface area (Å²) < 4.78 is 6.10. The Morgan fingerprint density at radius 1 is 1.13 bits per heavy atom. The SMILES string of the molecule is Cc1n[nH]c(C)c1CCN(C)C(=O)c1ccc(OC2CCN(C(=O)C3CC3)CC2)cc1. The van der Waals surface area contributed by atoms with Gasteiger partial charge >= 0.3 is 0 Å². The molecule has 4 rings (SSSR count). The maximum Gasteiger partial charge on any atom is 0.253 e. The van der Waals surface area contributed by atoms with Gasteiger partial charge in [-0.25, -0.2) is 0 Å². The predicted molar refractivity (Wildman–Crippen MR) is 118 cm³/mol. The number of H-pyrrole nitrogens is 1. The lowest BCUT2D eigenvalue weighted by molar-refractivity contribution is -0.134. The molecule has 2 aromatic rings. The number of nitrogens with one attached hydrogen (secondary N) is 1. The Bertz CT molecular complexity index is 905. The summed E-state index contributed by atoms with van der Waals surface area (Å²) in [5, 5.41) is 7.21. The lowest BCUT2D eigenvalue weighted by atomic mass is 10.1. The second kappa shape index (κ2) is 9.12. The highest BCUT2D eigenvalue weighted by Gasteiger charge is 2.35. The lowest BCUT2D eigenvalue weighted by Crippen LogP contribution is -2.42. The van der Waals surface area contributed by atoms with E-state index in [4.69, 9.17) is 4.74 Å². The summed E-state index contributed by atoms with van der Waals surface area (Å²) in [6.45, 7) is 6.17. The molecule has 1 aromatic carbocycles. The highest BCUT2D eigenvalue weighted by atomic mass is 16.5. The van der Waals surface area contributed by atoms with Gasteiger partial charge in [-0.2, -0.15) is 5.10 Å². The number of benzene rings is 1. The molecular weight excluding hydrogens is 392 g/mol. The fourth-order valence-electron chi connectivity index (χ4n) is 4.19. The number of aromatic amines is 1. The second-order valence-electron chi connectivity index (χ2n) is 8.83. The molecular formula is C24H32N4O3. The van der Waals surface area contributed by atoms with E-state index in [0.717, 1.165) is 62.3 Å². The quantitative estimate of drug-likeness (QED) is 0.741. The zero-order chi connectivity index (χ0) is 22.0. The zero-order valence-electron chi connectivity index (χ0n) is 18.7. The van der Waals surface area contributed by atoms with Gasteiger partial charge in [-0.1, -0.05) is 0 Å². The number of likely N-dealkylation sites (N-methyl/N-ethyl adjacent to an activating group) is 1. The number of amides is 2. The van der Waals surface area contributed by atoms with Crippen LogP contribution in [0.5, 0.6) is 5.75 Å². The van der Waals surface area contributed by atoms with Gasteiger partial charge in [0.05, 0.1) is 5.69 Å². The van der Waals surface area contributed by atoms with Gasteiger partial charge in [0.25, 0.3) is 5.91 Å². The standard InChI is InChI=1S/C24H32N4O3/c1-16-22(17(2)26-25-16)12-13-27(3)23(29)18-6-8-20(9-7-18)31-21-10-14-28(15-11-21)24(30)19-4-5-19/h6-9,19,21H,4-5,10-15H2,1-3H3,(H,25,26). The third kappa shape index (κ3) is 5.09. The van der Waals surface area contributed by atoms with Crippen LogP contribution in [-0.2, 0) is 11.2 Å². The number of carbonyl (C=O) groups is 2. The lowest BCUT2D eigenvalue weighted by Gasteiger charge is -2.32. The van der Waals surface area contributed by atoms with Gasteiger partial charge in [0, 0.05) is 56.7 Å². The van der Waals surface area contributed by atoms with Crippen LogP contribution in [0.15, 0.2) is 24.3 Å². The molecule has 7 nitrogen and oxygen atoms in total. The number of piperidine rings is 1. The minimum Gasteiger partial charge on any atom is -0.490 e. The first-order chi connectivity index (χ1) is 14.9. The summed E-state index contributed by atoms with van der Waals surface area (Å²) >= 11 is 0. The Morgan fingerprint density at radius 2 is 1.81 bits per heavy atom. The molecule has 0 spiro atoms. The Balaban J connectivity index is 1.25. The first-order valence-corrected chi connectivity index (χ1v) is 11.2. The van der Waals surface area contributed by atoms with Crippen molar-refractivity contribution >= 4 is 11.8 Å². The highest BCUT2D eigenvalue weighted by Crippen LogP contribution is 2.32. The number of rotatable bonds is 7. The van der Waals surface area contributed by atoms with Gasteiger partial charge in [0.2, 0.25) is 5.91 Å². The fourth-order valence-corrected chi connectivity index (χ4v) is 4.19. The molecule has 166 valence electrons. The van der Waals surface area contributed by atoms with Gasteiger partial charge in [-0.15, -0.1) is 0 Å². The summed E-state index contributed by atoms with van der Waals surface area (Å²) in [5.74, 6) is 1.38. The van der Waals surface area contributed by atoms with Crippen molar-refractivity contribution in [2.24, 2.45) is 5.92 Å². The smallest absolute Gasteiger partial charge is 0.253 e. The molecule has 1 N–H and O–H groups in total. The number of aryl methyl sites for hydroxylation is 2. The predicted octanol–water partition coefficient (Wildman–Crippen LogP) is 3.12. The maximum atomic E-state index is 12.8. The molecule has 2 heterocycles. The number of likely N-dealkylation sites (tertiary alicyclic amines) is 1. The minimum absolute atomic E-state index is 0.00255. The van der Waals surface area contributed by atoms with E-state index in [1.807, 2.05) is 50.1 Å². The maximum absolute atomic E-state index is 12.8. The molecule has 1 saturated carbocycles. The average Bonchev–Trinajstić information content (AvgIpc) is 3.58. The first kappa shape index (κ1) is 21.4. The van der Waals surface area contributed by atoms with Crippen LogP contribution in [0.25, 0.3) is 0 Å². The summed E-state index contributed by atoms with van der Waals surface area (Å²) in [7, 11) is 1.83. The van der Waals surface area contributed by atoms with Crippen molar-refractivity contribution in [3.05, 3.63) is 46.8 Å². The van der Waals surface area contributed by atoms with Crippen molar-refractivity contribution < 1.29 is 14.3 Å². The van der Waals surface area contributed by atoms with E-state index in [2.05, 4.69) is 10.2 Å². The molecule has 31 heavy (non-hydrogen) atoms. The third-order valence-electron chi connectivity index (χ3n) is 6.41. The molecule has 1 saturated heterocycles. The molecule has 2 amide bonds. The van der Waals surface area contributed by atoms with Crippen LogP contribution in [0, 0.1) is 19.8 Å². The van der Waals surface area contributed by atoms with E-state index in [9.17, 15) is 9.59 Å². The van der Waals surface area contributed by atoms with Gasteiger partial charge in [-0.05, 0) is 62.9 Å². The van der Waals surface area contributed by atoms with Crippen molar-refractivity contribution in [1.82, 2.24) is 20.0 Å². The Labute approximate surface area is 183 Å². The van der Waals surface area contributed by atoms with Crippen LogP contribution in [0.3, 0.4) is 0 Å². The van der Waals surface area contributed by atoms with Crippen LogP contribution in [0.1, 0.15) is 53.0 Å². The molecule has 1 aliphatic heterocycles. The van der Waals surface area contributed by atoms with Crippen LogP contribution >= 0.6 is 0 Å². The molecule has 2 aliphatic rings. The molecule has 2 fully saturated rings. The van der Waals surface area contributed by atoms with E-state index in [1.54, 1.807) is 4.90 Å². The molecule has 0 unspecified atom stereocenters. The number of hydrogen-bond donors (Lipinski definition) is 1. The van der Waals surface area contributed by atoms with E-state index in [1.165, 1.54) is 5.56 Å². The van der Waals surface area contributed by atoms with Crippen molar-refractivity contribution in [1.29, 1.82) is 0 Å². The average molecular weight is 425 g/mol. The molecule has 7 heteroatoms. The fraction of sp³-hybridized carbons (Fsp3) is 0.542. The van der Waals surface area contributed by atoms with Crippen LogP contribution in [-0.4, -0.2) is 64.6 Å². The van der Waals surface area contributed by atoms with E-state index < -0.39 is 0 Å². The molecule has 0 atom stereocenters. The van der Waals surface area contributed by atoms with Gasteiger partial charge in [0.1, 0.15) is 11.9 Å². The van der Waals surface area contributed by atoms with Crippen LogP contribution in [0.4, 0.5) is 0 Å². The van der Waals surface area contributed by atoms with Gasteiger partial charge in [0.15, 0.2) is 0 Å². The number of nitrogens with zero attached hydrogens (tertiary/aromatic N) is 3. The van der Waals surface area contributed by atoms with E-state index in [-0.39, 0.29) is 17.9 Å². The number of ether oxygens (including phenoxy) is 1. The summed E-state index contributed by atoms with van der Waals surface area (Å²) in [6.07, 6.45) is 4.72. The summed E-state index contributed by atoms with van der Waals surface area (Å²) in [4.78, 5) is 28.7. The Kier molecular flexibility index (Phi) is 6.30. The molecule has 0 bridgehead atoms. The van der Waals surface area contributed by atoms with Crippen LogP contribution < -0.4 is 4.74 Å². The molecule has 1 aliphatic carbocycles. The zero-order valence-corrected chi connectivity index (χ0v) is 18.7. The van der Waals surface area contributed by atoms with Crippen molar-refractivity contribution in [3.8, 4) is 5.75 Å². The topological polar surface area (TPSA) is 78.5 Å². The highest BCUT2D eigenvalue weighted by molar-refractivity contribution is 5.94. The number of hydrogen-bond acceptors (Lipinski definition) is 4. The minimum atomic E-state index is -0.00255. The van der Waals surface area contributed by atoms with Crippen molar-refractivity contribution in [2.45, 2.75) is 52.1 Å². The number of aromatic nitrogens is 2. The van der Waals surface area contributed by atoms with Gasteiger partial charge in [-0.3, -0.25) is 14.7 Å². The first-order valence-electron chi connectivity index (χ1n) is 11.2. The molecule has 1 aromatic heterocycles. The Hall–Kier alpha value is -2.83. The normalized spacial score (nSPS) is 16.9. The van der Waals surface area contributed by atoms with Crippen molar-refractivity contribution in [2.75, 3.05) is 26.7 Å². The van der Waals surface area contributed by atoms with Crippen molar-refractivity contribution in [3.63, 3.8) is 0 Å². The Morgan fingerprint density at radius 3 is 2.39 bits per heavy atom.